The van der Waals surface area contributed by atoms with E-state index in [1.54, 1.807) is 0 Å². The van der Waals surface area contributed by atoms with Gasteiger partial charge in [-0.2, -0.15) is 0 Å². The summed E-state index contributed by atoms with van der Waals surface area (Å²) < 4.78 is 12.8. The molecule has 2 amide bonds. The molecular formula is C17H19FN4O. The lowest BCUT2D eigenvalue weighted by atomic mass is 10.0. The number of nitrogens with zero attached hydrogens (tertiary/aromatic N) is 2. The number of aromatic nitrogens is 1. The first kappa shape index (κ1) is 15.4. The maximum Gasteiger partial charge on any atom is 0.320 e. The number of carbonyl (C=O) groups is 1. The van der Waals surface area contributed by atoms with E-state index >= 15 is 0 Å². The molecule has 2 atom stereocenters. The van der Waals surface area contributed by atoms with E-state index in [1.807, 2.05) is 18.2 Å². The molecule has 0 bridgehead atoms. The molecule has 2 N–H and O–H groups in total. The van der Waals surface area contributed by atoms with E-state index in [-0.39, 0.29) is 18.1 Å². The molecule has 1 aromatic heterocycles. The summed E-state index contributed by atoms with van der Waals surface area (Å²) in [5.41, 5.74) is 1.18. The number of rotatable bonds is 3. The van der Waals surface area contributed by atoms with Crippen molar-refractivity contribution >= 4 is 11.8 Å². The van der Waals surface area contributed by atoms with Crippen molar-refractivity contribution in [2.24, 2.45) is 0 Å². The third-order valence-corrected chi connectivity index (χ3v) is 4.08. The minimum absolute atomic E-state index is 0.0165. The van der Waals surface area contributed by atoms with Crippen LogP contribution in [0.3, 0.4) is 0 Å². The van der Waals surface area contributed by atoms with Gasteiger partial charge in [0.1, 0.15) is 11.6 Å². The van der Waals surface area contributed by atoms with Crippen LogP contribution in [0.25, 0.3) is 0 Å². The van der Waals surface area contributed by atoms with Gasteiger partial charge >= 0.3 is 6.03 Å². The van der Waals surface area contributed by atoms with Gasteiger partial charge in [-0.15, -0.1) is 0 Å². The number of carbonyl (C=O) groups excluding carboxylic acids is 1. The Hall–Kier alpha value is -2.47. The first-order valence-corrected chi connectivity index (χ1v) is 7.58. The van der Waals surface area contributed by atoms with Gasteiger partial charge in [0, 0.05) is 6.54 Å². The summed E-state index contributed by atoms with van der Waals surface area (Å²) in [7, 11) is 2.05. The van der Waals surface area contributed by atoms with Crippen molar-refractivity contribution in [3.8, 4) is 0 Å². The fourth-order valence-corrected chi connectivity index (χ4v) is 3.01. The van der Waals surface area contributed by atoms with Crippen LogP contribution in [0, 0.1) is 5.82 Å². The Bertz CT molecular complexity index is 662. The first-order valence-electron chi connectivity index (χ1n) is 7.58. The van der Waals surface area contributed by atoms with Crippen molar-refractivity contribution in [3.05, 3.63) is 60.0 Å². The molecule has 0 spiro atoms. The SMILES string of the molecule is CN1CC[C@H](NC(=O)Nc2ccc(F)cn2)[C@@H]1c1ccccc1. The molecule has 1 saturated heterocycles. The summed E-state index contributed by atoms with van der Waals surface area (Å²) in [6.45, 7) is 0.916. The predicted molar refractivity (Wildman–Crippen MR) is 86.6 cm³/mol. The van der Waals surface area contributed by atoms with Gasteiger partial charge in [0.2, 0.25) is 0 Å². The number of hydrogen-bond acceptors (Lipinski definition) is 3. The van der Waals surface area contributed by atoms with Crippen molar-refractivity contribution in [2.75, 3.05) is 18.9 Å². The fourth-order valence-electron chi connectivity index (χ4n) is 3.01. The minimum Gasteiger partial charge on any atom is -0.333 e. The van der Waals surface area contributed by atoms with Gasteiger partial charge in [-0.25, -0.2) is 14.2 Å². The minimum atomic E-state index is -0.433. The number of anilines is 1. The largest absolute Gasteiger partial charge is 0.333 e. The van der Waals surface area contributed by atoms with E-state index in [0.717, 1.165) is 19.2 Å². The standard InChI is InChI=1S/C17H19FN4O/c1-22-10-9-14(16(22)12-5-3-2-4-6-12)20-17(23)21-15-8-7-13(18)11-19-15/h2-8,11,14,16H,9-10H2,1H3,(H2,19,20,21,23)/t14-,16-/m0/s1. The molecule has 23 heavy (non-hydrogen) atoms. The highest BCUT2D eigenvalue weighted by atomic mass is 19.1. The predicted octanol–water partition coefficient (Wildman–Crippen LogP) is 2.79. The molecule has 0 aliphatic carbocycles. The van der Waals surface area contributed by atoms with Crippen LogP contribution in [-0.2, 0) is 0 Å². The fraction of sp³-hybridized carbons (Fsp3) is 0.294. The van der Waals surface area contributed by atoms with E-state index < -0.39 is 5.82 Å². The van der Waals surface area contributed by atoms with E-state index in [4.69, 9.17) is 0 Å². The molecule has 1 aliphatic heterocycles. The van der Waals surface area contributed by atoms with Crippen LogP contribution >= 0.6 is 0 Å². The highest BCUT2D eigenvalue weighted by Gasteiger charge is 2.33. The molecule has 6 heteroatoms. The van der Waals surface area contributed by atoms with E-state index in [1.165, 1.54) is 17.7 Å². The summed E-state index contributed by atoms with van der Waals surface area (Å²) in [4.78, 5) is 18.2. The van der Waals surface area contributed by atoms with Gasteiger partial charge in [-0.05, 0) is 31.2 Å². The number of amides is 2. The lowest BCUT2D eigenvalue weighted by Gasteiger charge is -2.26. The Morgan fingerprint density at radius 3 is 2.74 bits per heavy atom. The summed E-state index contributed by atoms with van der Waals surface area (Å²) in [5, 5.41) is 5.63. The molecule has 2 aromatic rings. The topological polar surface area (TPSA) is 57.3 Å². The normalized spacial score (nSPS) is 21.1. The van der Waals surface area contributed by atoms with Gasteiger partial charge in [0.05, 0.1) is 18.3 Å². The zero-order valence-corrected chi connectivity index (χ0v) is 12.9. The van der Waals surface area contributed by atoms with Gasteiger partial charge in [0.15, 0.2) is 0 Å². The highest BCUT2D eigenvalue weighted by molar-refractivity contribution is 5.88. The molecule has 0 radical (unpaired) electrons. The molecule has 1 aliphatic rings. The van der Waals surface area contributed by atoms with Crippen LogP contribution in [0.1, 0.15) is 18.0 Å². The van der Waals surface area contributed by atoms with Crippen molar-refractivity contribution in [1.29, 1.82) is 0 Å². The summed E-state index contributed by atoms with van der Waals surface area (Å²) >= 11 is 0. The van der Waals surface area contributed by atoms with Gasteiger partial charge < -0.3 is 5.32 Å². The van der Waals surface area contributed by atoms with E-state index in [2.05, 4.69) is 39.7 Å². The highest BCUT2D eigenvalue weighted by Crippen LogP contribution is 2.30. The zero-order valence-electron chi connectivity index (χ0n) is 12.9. The number of likely N-dealkylation sites (tertiary alicyclic amines) is 1. The number of likely N-dealkylation sites (N-methyl/N-ethyl adjacent to an activating group) is 1. The van der Waals surface area contributed by atoms with Gasteiger partial charge in [-0.3, -0.25) is 10.2 Å². The van der Waals surface area contributed by atoms with E-state index in [9.17, 15) is 9.18 Å². The molecule has 0 saturated carbocycles. The third kappa shape index (κ3) is 3.65. The maximum absolute atomic E-state index is 12.8. The molecule has 0 unspecified atom stereocenters. The summed E-state index contributed by atoms with van der Waals surface area (Å²) in [5.74, 6) is -0.107. The van der Waals surface area contributed by atoms with Gasteiger partial charge in [0.25, 0.3) is 0 Å². The molecule has 1 fully saturated rings. The number of urea groups is 1. The summed E-state index contributed by atoms with van der Waals surface area (Å²) in [6.07, 6.45) is 1.95. The maximum atomic E-state index is 12.8. The van der Waals surface area contributed by atoms with E-state index in [0.29, 0.717) is 5.82 Å². The molecule has 3 rings (SSSR count). The Kier molecular flexibility index (Phi) is 4.52. The molecule has 5 nitrogen and oxygen atoms in total. The van der Waals surface area contributed by atoms with Crippen LogP contribution in [-0.4, -0.2) is 35.5 Å². The van der Waals surface area contributed by atoms with Crippen molar-refractivity contribution in [1.82, 2.24) is 15.2 Å². The Morgan fingerprint density at radius 2 is 2.04 bits per heavy atom. The lowest BCUT2D eigenvalue weighted by molar-refractivity contribution is 0.240. The molecule has 2 heterocycles. The summed E-state index contributed by atoms with van der Waals surface area (Å²) in [6, 6.07) is 12.6. The quantitative estimate of drug-likeness (QED) is 0.916. The Labute approximate surface area is 134 Å². The number of benzene rings is 1. The zero-order chi connectivity index (χ0) is 16.2. The average molecular weight is 314 g/mol. The van der Waals surface area contributed by atoms with Crippen LogP contribution in [0.15, 0.2) is 48.7 Å². The van der Waals surface area contributed by atoms with Crippen LogP contribution < -0.4 is 10.6 Å². The molecule has 120 valence electrons. The third-order valence-electron chi connectivity index (χ3n) is 4.08. The van der Waals surface area contributed by atoms with Crippen molar-refractivity contribution in [2.45, 2.75) is 18.5 Å². The second-order valence-corrected chi connectivity index (χ2v) is 5.69. The Balaban J connectivity index is 1.66. The lowest BCUT2D eigenvalue weighted by Crippen LogP contribution is -2.41. The van der Waals surface area contributed by atoms with Crippen molar-refractivity contribution in [3.63, 3.8) is 0 Å². The Morgan fingerprint density at radius 1 is 1.26 bits per heavy atom. The number of halogens is 1. The number of pyridine rings is 1. The molecule has 1 aromatic carbocycles. The monoisotopic (exact) mass is 314 g/mol. The van der Waals surface area contributed by atoms with Crippen molar-refractivity contribution < 1.29 is 9.18 Å². The smallest absolute Gasteiger partial charge is 0.320 e. The van der Waals surface area contributed by atoms with Crippen LogP contribution in [0.5, 0.6) is 0 Å². The van der Waals surface area contributed by atoms with Crippen LogP contribution in [0.2, 0.25) is 0 Å². The van der Waals surface area contributed by atoms with Gasteiger partial charge in [-0.1, -0.05) is 30.3 Å². The van der Waals surface area contributed by atoms with Crippen LogP contribution in [0.4, 0.5) is 15.0 Å². The second kappa shape index (κ2) is 6.75. The first-order chi connectivity index (χ1) is 11.1. The average Bonchev–Trinajstić information content (AvgIpc) is 2.91. The number of hydrogen-bond donors (Lipinski definition) is 2. The number of nitrogens with one attached hydrogen (secondary N) is 2. The second-order valence-electron chi connectivity index (χ2n) is 5.69. The molecular weight excluding hydrogens is 295 g/mol.